The van der Waals surface area contributed by atoms with Crippen LogP contribution >= 0.6 is 0 Å². The van der Waals surface area contributed by atoms with Gasteiger partial charge in [-0.1, -0.05) is 0 Å². The fourth-order valence-corrected chi connectivity index (χ4v) is 3.16. The molecule has 27 heavy (non-hydrogen) atoms. The molecule has 6 nitrogen and oxygen atoms in total. The fourth-order valence-electron chi connectivity index (χ4n) is 2.43. The summed E-state index contributed by atoms with van der Waals surface area (Å²) in [6, 6.07) is 9.02. The molecule has 1 atom stereocenters. The van der Waals surface area contributed by atoms with Crippen molar-refractivity contribution in [2.24, 2.45) is 0 Å². The summed E-state index contributed by atoms with van der Waals surface area (Å²) in [5.41, 5.74) is 0.819. The summed E-state index contributed by atoms with van der Waals surface area (Å²) >= 11 is 0. The van der Waals surface area contributed by atoms with E-state index in [0.29, 0.717) is 17.1 Å². The number of amides is 1. The lowest BCUT2D eigenvalue weighted by atomic mass is 10.1. The van der Waals surface area contributed by atoms with Gasteiger partial charge in [0.15, 0.2) is 0 Å². The van der Waals surface area contributed by atoms with E-state index in [-0.39, 0.29) is 5.56 Å². The number of nitrogens with one attached hydrogen (secondary N) is 1. The normalized spacial score (nSPS) is 12.5. The Balaban J connectivity index is 2.20. The van der Waals surface area contributed by atoms with Crippen LogP contribution in [0.3, 0.4) is 0 Å². The van der Waals surface area contributed by atoms with Crippen LogP contribution in [-0.4, -0.2) is 34.3 Å². The zero-order valence-corrected chi connectivity index (χ0v) is 15.7. The summed E-state index contributed by atoms with van der Waals surface area (Å²) in [5, 5.41) is 2.75. The highest BCUT2D eigenvalue weighted by Crippen LogP contribution is 2.29. The molecule has 0 aliphatic heterocycles. The molecule has 0 aliphatic rings. The van der Waals surface area contributed by atoms with Gasteiger partial charge in [-0.2, -0.15) is 8.78 Å². The van der Waals surface area contributed by atoms with Gasteiger partial charge in [-0.25, -0.2) is 8.42 Å². The maximum Gasteiger partial charge on any atom is 0.341 e. The van der Waals surface area contributed by atoms with E-state index in [1.807, 2.05) is 0 Å². The smallest absolute Gasteiger partial charge is 0.341 e. The van der Waals surface area contributed by atoms with Crippen LogP contribution in [-0.2, 0) is 9.84 Å². The average molecular weight is 399 g/mol. The molecule has 1 N–H and O–H groups in total. The molecule has 1 amide bonds. The molecule has 0 saturated carbocycles. The SMILES string of the molecule is COc1ccc(OC)c([C@@H](C)NC(=O)c2ccc(S(=O)(=O)C(F)F)cc2)c1. The largest absolute Gasteiger partial charge is 0.497 e. The molecule has 0 heterocycles. The van der Waals surface area contributed by atoms with Crippen LogP contribution in [0, 0.1) is 0 Å². The predicted octanol–water partition coefficient (Wildman–Crippen LogP) is 3.19. The topological polar surface area (TPSA) is 81.7 Å². The van der Waals surface area contributed by atoms with Gasteiger partial charge in [0, 0.05) is 11.1 Å². The Hall–Kier alpha value is -2.68. The van der Waals surface area contributed by atoms with Crippen LogP contribution in [0.4, 0.5) is 8.78 Å². The maximum atomic E-state index is 12.6. The van der Waals surface area contributed by atoms with Crippen LogP contribution in [0.15, 0.2) is 47.4 Å². The number of methoxy groups -OCH3 is 2. The molecule has 0 aliphatic carbocycles. The molecule has 0 bridgehead atoms. The van der Waals surface area contributed by atoms with E-state index >= 15 is 0 Å². The highest BCUT2D eigenvalue weighted by atomic mass is 32.2. The lowest BCUT2D eigenvalue weighted by Gasteiger charge is -2.18. The van der Waals surface area contributed by atoms with Crippen molar-refractivity contribution in [3.63, 3.8) is 0 Å². The molecular weight excluding hydrogens is 380 g/mol. The van der Waals surface area contributed by atoms with Gasteiger partial charge < -0.3 is 14.8 Å². The van der Waals surface area contributed by atoms with E-state index in [9.17, 15) is 22.0 Å². The molecule has 2 aromatic carbocycles. The van der Waals surface area contributed by atoms with Crippen molar-refractivity contribution < 1.29 is 31.5 Å². The second kappa shape index (κ2) is 8.34. The Morgan fingerprint density at radius 3 is 2.19 bits per heavy atom. The zero-order valence-electron chi connectivity index (χ0n) is 14.9. The first-order valence-electron chi connectivity index (χ1n) is 7.85. The molecule has 0 aromatic heterocycles. The van der Waals surface area contributed by atoms with Crippen molar-refractivity contribution in [2.45, 2.75) is 23.6 Å². The van der Waals surface area contributed by atoms with E-state index < -0.39 is 32.4 Å². The summed E-state index contributed by atoms with van der Waals surface area (Å²) in [5.74, 6) is -2.86. The third kappa shape index (κ3) is 4.54. The number of alkyl halides is 2. The third-order valence-electron chi connectivity index (χ3n) is 3.93. The summed E-state index contributed by atoms with van der Waals surface area (Å²) in [6.45, 7) is 1.74. The van der Waals surface area contributed by atoms with Gasteiger partial charge in [-0.05, 0) is 49.4 Å². The van der Waals surface area contributed by atoms with E-state index in [4.69, 9.17) is 9.47 Å². The zero-order chi connectivity index (χ0) is 20.2. The number of sulfone groups is 1. The van der Waals surface area contributed by atoms with Gasteiger partial charge in [0.2, 0.25) is 9.84 Å². The Labute approximate surface area is 156 Å². The van der Waals surface area contributed by atoms with E-state index in [2.05, 4.69) is 5.32 Å². The molecular formula is C18H19F2NO5S. The van der Waals surface area contributed by atoms with Crippen LogP contribution < -0.4 is 14.8 Å². The summed E-state index contributed by atoms with van der Waals surface area (Å²) in [4.78, 5) is 11.9. The molecule has 0 fully saturated rings. The minimum Gasteiger partial charge on any atom is -0.497 e. The Bertz CT molecular complexity index is 914. The molecule has 0 spiro atoms. The highest BCUT2D eigenvalue weighted by molar-refractivity contribution is 7.91. The highest BCUT2D eigenvalue weighted by Gasteiger charge is 2.26. The van der Waals surface area contributed by atoms with Gasteiger partial charge >= 0.3 is 5.76 Å². The van der Waals surface area contributed by atoms with E-state index in [1.165, 1.54) is 26.4 Å². The van der Waals surface area contributed by atoms with Crippen LogP contribution in [0.5, 0.6) is 11.5 Å². The van der Waals surface area contributed by atoms with E-state index in [1.54, 1.807) is 25.1 Å². The van der Waals surface area contributed by atoms with Crippen LogP contribution in [0.1, 0.15) is 28.9 Å². The Morgan fingerprint density at radius 1 is 1.04 bits per heavy atom. The molecule has 0 saturated heterocycles. The number of carbonyl (C=O) groups is 1. The van der Waals surface area contributed by atoms with Crippen LogP contribution in [0.2, 0.25) is 0 Å². The number of benzene rings is 2. The first-order valence-corrected chi connectivity index (χ1v) is 9.40. The summed E-state index contributed by atoms with van der Waals surface area (Å²) in [7, 11) is -1.68. The molecule has 146 valence electrons. The molecule has 9 heteroatoms. The van der Waals surface area contributed by atoms with Crippen molar-refractivity contribution in [1.29, 1.82) is 0 Å². The lowest BCUT2D eigenvalue weighted by molar-refractivity contribution is 0.0939. The average Bonchev–Trinajstić information content (AvgIpc) is 2.67. The first-order chi connectivity index (χ1) is 12.7. The summed E-state index contributed by atoms with van der Waals surface area (Å²) < 4.78 is 58.4. The minimum absolute atomic E-state index is 0.136. The Kier molecular flexibility index (Phi) is 6.37. The van der Waals surface area contributed by atoms with Gasteiger partial charge in [0.05, 0.1) is 25.2 Å². The number of halogens is 2. The molecule has 2 rings (SSSR count). The Morgan fingerprint density at radius 2 is 1.67 bits per heavy atom. The number of rotatable bonds is 7. The van der Waals surface area contributed by atoms with E-state index in [0.717, 1.165) is 12.1 Å². The third-order valence-corrected chi connectivity index (χ3v) is 5.33. The minimum atomic E-state index is -4.70. The fraction of sp³-hybridized carbons (Fsp3) is 0.278. The van der Waals surface area contributed by atoms with Crippen molar-refractivity contribution in [1.82, 2.24) is 5.32 Å². The van der Waals surface area contributed by atoms with Crippen LogP contribution in [0.25, 0.3) is 0 Å². The van der Waals surface area contributed by atoms with Gasteiger partial charge in [0.25, 0.3) is 5.91 Å². The second-order valence-electron chi connectivity index (χ2n) is 5.63. The predicted molar refractivity (Wildman–Crippen MR) is 95.1 cm³/mol. The molecule has 0 radical (unpaired) electrons. The van der Waals surface area contributed by atoms with Crippen molar-refractivity contribution in [2.75, 3.05) is 14.2 Å². The van der Waals surface area contributed by atoms with Gasteiger partial charge in [0.1, 0.15) is 11.5 Å². The van der Waals surface area contributed by atoms with Gasteiger partial charge in [-0.15, -0.1) is 0 Å². The second-order valence-corrected chi connectivity index (χ2v) is 7.55. The molecule has 0 unspecified atom stereocenters. The maximum absolute atomic E-state index is 12.6. The monoisotopic (exact) mass is 399 g/mol. The lowest BCUT2D eigenvalue weighted by Crippen LogP contribution is -2.27. The quantitative estimate of drug-likeness (QED) is 0.773. The first kappa shape index (κ1) is 20.6. The standard InChI is InChI=1S/C18H19F2NO5S/c1-11(15-10-13(25-2)6-9-16(15)26-3)21-17(22)12-4-7-14(8-5-12)27(23,24)18(19)20/h4-11,18H,1-3H3,(H,21,22)/t11-/m1/s1. The van der Waals surface area contributed by atoms with Crippen molar-refractivity contribution >= 4 is 15.7 Å². The van der Waals surface area contributed by atoms with Gasteiger partial charge in [-0.3, -0.25) is 4.79 Å². The number of ether oxygens (including phenoxy) is 2. The number of hydrogen-bond acceptors (Lipinski definition) is 5. The molecule has 2 aromatic rings. The number of hydrogen-bond donors (Lipinski definition) is 1. The summed E-state index contributed by atoms with van der Waals surface area (Å²) in [6.07, 6.45) is 0. The number of carbonyl (C=O) groups excluding carboxylic acids is 1. The van der Waals surface area contributed by atoms with Crippen molar-refractivity contribution in [3.05, 3.63) is 53.6 Å². The van der Waals surface area contributed by atoms with Crippen molar-refractivity contribution in [3.8, 4) is 11.5 Å².